The lowest BCUT2D eigenvalue weighted by molar-refractivity contribution is 0.0154. The predicted octanol–water partition coefficient (Wildman–Crippen LogP) is 3.07. The molecule has 0 amide bonds. The Morgan fingerprint density at radius 2 is 1.46 bits per heavy atom. The molecular weight excluding hydrogens is 312 g/mol. The number of hydrogen-bond donors (Lipinski definition) is 0. The maximum Gasteiger partial charge on any atom is 0.341 e. The lowest BCUT2D eigenvalue weighted by atomic mass is 10.1. The van der Waals surface area contributed by atoms with Crippen LogP contribution in [0.1, 0.15) is 27.6 Å². The summed E-state index contributed by atoms with van der Waals surface area (Å²) in [6.07, 6.45) is 0. The third kappa shape index (κ3) is 4.74. The second-order valence-corrected chi connectivity index (χ2v) is 4.67. The van der Waals surface area contributed by atoms with Gasteiger partial charge in [-0.05, 0) is 49.4 Å². The highest BCUT2D eigenvalue weighted by Crippen LogP contribution is 2.17. The summed E-state index contributed by atoms with van der Waals surface area (Å²) in [5.74, 6) is 0.179. The fourth-order valence-corrected chi connectivity index (χ4v) is 1.92. The van der Waals surface area contributed by atoms with Gasteiger partial charge in [0.2, 0.25) is 6.79 Å². The van der Waals surface area contributed by atoms with E-state index in [1.807, 2.05) is 6.92 Å². The molecule has 0 unspecified atom stereocenters. The van der Waals surface area contributed by atoms with Gasteiger partial charge in [-0.25, -0.2) is 9.59 Å². The Balaban J connectivity index is 1.88. The zero-order valence-corrected chi connectivity index (χ0v) is 13.5. The summed E-state index contributed by atoms with van der Waals surface area (Å²) in [6, 6.07) is 13.1. The zero-order chi connectivity index (χ0) is 17.4. The third-order valence-electron chi connectivity index (χ3n) is 3.07. The fourth-order valence-electron chi connectivity index (χ4n) is 1.92. The van der Waals surface area contributed by atoms with Gasteiger partial charge in [0, 0.05) is 0 Å². The van der Waals surface area contributed by atoms with Crippen LogP contribution in [-0.2, 0) is 9.47 Å². The highest BCUT2D eigenvalue weighted by molar-refractivity contribution is 5.95. The summed E-state index contributed by atoms with van der Waals surface area (Å²) >= 11 is 0. The van der Waals surface area contributed by atoms with Gasteiger partial charge in [0.25, 0.3) is 0 Å². The van der Waals surface area contributed by atoms with Crippen molar-refractivity contribution < 1.29 is 28.5 Å². The van der Waals surface area contributed by atoms with Crippen molar-refractivity contribution in [2.75, 3.05) is 20.5 Å². The van der Waals surface area contributed by atoms with Crippen LogP contribution in [0.15, 0.2) is 48.5 Å². The van der Waals surface area contributed by atoms with Gasteiger partial charge in [-0.2, -0.15) is 0 Å². The SMILES string of the molecule is CCOc1ccc(OCOC(=O)c2cccc(C(=O)OC)c2)cc1. The molecule has 24 heavy (non-hydrogen) atoms. The topological polar surface area (TPSA) is 71.1 Å². The van der Waals surface area contributed by atoms with Crippen molar-refractivity contribution in [2.45, 2.75) is 6.92 Å². The Labute approximate surface area is 139 Å². The van der Waals surface area contributed by atoms with Gasteiger partial charge in [-0.1, -0.05) is 6.07 Å². The minimum atomic E-state index is -0.591. The Kier molecular flexibility index (Phi) is 6.19. The molecule has 6 heteroatoms. The molecule has 0 aromatic heterocycles. The molecule has 0 heterocycles. The van der Waals surface area contributed by atoms with Gasteiger partial charge >= 0.3 is 11.9 Å². The van der Waals surface area contributed by atoms with Crippen LogP contribution >= 0.6 is 0 Å². The molecule has 2 aromatic rings. The highest BCUT2D eigenvalue weighted by atomic mass is 16.7. The zero-order valence-electron chi connectivity index (χ0n) is 13.5. The maximum atomic E-state index is 12.0. The summed E-state index contributed by atoms with van der Waals surface area (Å²) < 4.78 is 20.3. The lowest BCUT2D eigenvalue weighted by Gasteiger charge is -2.09. The average molecular weight is 330 g/mol. The molecule has 0 saturated heterocycles. The minimum Gasteiger partial charge on any atom is -0.494 e. The van der Waals surface area contributed by atoms with E-state index in [1.165, 1.54) is 13.2 Å². The summed E-state index contributed by atoms with van der Waals surface area (Å²) in [5, 5.41) is 0. The van der Waals surface area contributed by atoms with Crippen molar-refractivity contribution in [1.82, 2.24) is 0 Å². The van der Waals surface area contributed by atoms with E-state index < -0.39 is 11.9 Å². The largest absolute Gasteiger partial charge is 0.494 e. The number of hydrogen-bond acceptors (Lipinski definition) is 6. The number of rotatable bonds is 7. The van der Waals surface area contributed by atoms with Crippen LogP contribution in [0, 0.1) is 0 Å². The van der Waals surface area contributed by atoms with Crippen molar-refractivity contribution in [3.05, 3.63) is 59.7 Å². The molecular formula is C18H18O6. The standard InChI is InChI=1S/C18H18O6/c1-3-22-15-7-9-16(10-8-15)23-12-24-18(20)14-6-4-5-13(11-14)17(19)21-2/h4-11H,3,12H2,1-2H3. The Morgan fingerprint density at radius 1 is 0.875 bits per heavy atom. The second-order valence-electron chi connectivity index (χ2n) is 4.67. The summed E-state index contributed by atoms with van der Waals surface area (Å²) in [4.78, 5) is 23.4. The van der Waals surface area contributed by atoms with Crippen LogP contribution in [0.4, 0.5) is 0 Å². The number of carbonyl (C=O) groups is 2. The molecule has 126 valence electrons. The van der Waals surface area contributed by atoms with Gasteiger partial charge in [-0.3, -0.25) is 0 Å². The van der Waals surface area contributed by atoms with Crippen LogP contribution in [0.25, 0.3) is 0 Å². The van der Waals surface area contributed by atoms with Crippen LogP contribution in [0.2, 0.25) is 0 Å². The Morgan fingerprint density at radius 3 is 2.04 bits per heavy atom. The Bertz CT molecular complexity index is 693. The van der Waals surface area contributed by atoms with E-state index in [4.69, 9.17) is 14.2 Å². The normalized spacial score (nSPS) is 9.92. The monoisotopic (exact) mass is 330 g/mol. The van der Waals surface area contributed by atoms with Gasteiger partial charge in [0.05, 0.1) is 24.8 Å². The summed E-state index contributed by atoms with van der Waals surface area (Å²) in [6.45, 7) is 2.25. The molecule has 2 rings (SSSR count). The first kappa shape index (κ1) is 17.3. The van der Waals surface area contributed by atoms with E-state index in [9.17, 15) is 9.59 Å². The van der Waals surface area contributed by atoms with Gasteiger partial charge in [0.15, 0.2) is 0 Å². The molecule has 0 radical (unpaired) electrons. The van der Waals surface area contributed by atoms with Crippen LogP contribution in [0.3, 0.4) is 0 Å². The first-order valence-electron chi connectivity index (χ1n) is 7.35. The van der Waals surface area contributed by atoms with Gasteiger partial charge in [0.1, 0.15) is 11.5 Å². The number of carbonyl (C=O) groups excluding carboxylic acids is 2. The third-order valence-corrected chi connectivity index (χ3v) is 3.07. The van der Waals surface area contributed by atoms with Crippen molar-refractivity contribution in [2.24, 2.45) is 0 Å². The number of methoxy groups -OCH3 is 1. The van der Waals surface area contributed by atoms with Crippen LogP contribution < -0.4 is 9.47 Å². The first-order valence-corrected chi connectivity index (χ1v) is 7.35. The van der Waals surface area contributed by atoms with E-state index in [1.54, 1.807) is 42.5 Å². The van der Waals surface area contributed by atoms with Crippen LogP contribution in [-0.4, -0.2) is 32.4 Å². The molecule has 0 aliphatic carbocycles. The Hall–Kier alpha value is -3.02. The van der Waals surface area contributed by atoms with E-state index in [0.717, 1.165) is 5.75 Å². The van der Waals surface area contributed by atoms with Gasteiger partial charge < -0.3 is 18.9 Å². The molecule has 0 saturated carbocycles. The average Bonchev–Trinajstić information content (AvgIpc) is 2.62. The first-order chi connectivity index (χ1) is 11.6. The lowest BCUT2D eigenvalue weighted by Crippen LogP contribution is -2.11. The number of benzene rings is 2. The van der Waals surface area contributed by atoms with Crippen molar-refractivity contribution >= 4 is 11.9 Å². The number of ether oxygens (including phenoxy) is 4. The van der Waals surface area contributed by atoms with Crippen molar-refractivity contribution in [3.8, 4) is 11.5 Å². The maximum absolute atomic E-state index is 12.0. The molecule has 0 aliphatic rings. The molecule has 0 bridgehead atoms. The van der Waals surface area contributed by atoms with Crippen molar-refractivity contribution in [1.29, 1.82) is 0 Å². The molecule has 6 nitrogen and oxygen atoms in total. The van der Waals surface area contributed by atoms with E-state index in [-0.39, 0.29) is 17.9 Å². The summed E-state index contributed by atoms with van der Waals surface area (Å²) in [5.41, 5.74) is 0.521. The van der Waals surface area contributed by atoms with E-state index in [0.29, 0.717) is 12.4 Å². The van der Waals surface area contributed by atoms with Crippen LogP contribution in [0.5, 0.6) is 11.5 Å². The molecule has 0 spiro atoms. The molecule has 0 aliphatic heterocycles. The van der Waals surface area contributed by atoms with E-state index >= 15 is 0 Å². The smallest absolute Gasteiger partial charge is 0.341 e. The molecule has 2 aromatic carbocycles. The predicted molar refractivity (Wildman–Crippen MR) is 86.3 cm³/mol. The molecule has 0 atom stereocenters. The fraction of sp³-hybridized carbons (Fsp3) is 0.222. The van der Waals surface area contributed by atoms with E-state index in [2.05, 4.69) is 4.74 Å². The molecule has 0 fully saturated rings. The molecule has 0 N–H and O–H groups in total. The highest BCUT2D eigenvalue weighted by Gasteiger charge is 2.11. The minimum absolute atomic E-state index is 0.241. The van der Waals surface area contributed by atoms with Gasteiger partial charge in [-0.15, -0.1) is 0 Å². The second kappa shape index (κ2) is 8.57. The summed E-state index contributed by atoms with van der Waals surface area (Å²) in [7, 11) is 1.28. The quantitative estimate of drug-likeness (QED) is 0.574. The van der Waals surface area contributed by atoms with Crippen molar-refractivity contribution in [3.63, 3.8) is 0 Å². The number of esters is 2.